The maximum absolute atomic E-state index is 11.8. The second-order valence-electron chi connectivity index (χ2n) is 4.72. The summed E-state index contributed by atoms with van der Waals surface area (Å²) in [5, 5.41) is 13.8. The lowest BCUT2D eigenvalue weighted by Crippen LogP contribution is -2.20. The SMILES string of the molecule is O=C([O-])/C=C/c1ccc(OCC(=O)Nc2cc(Cl)cc(Cl)c2)cc1. The highest BCUT2D eigenvalue weighted by Crippen LogP contribution is 2.22. The minimum atomic E-state index is -1.27. The van der Waals surface area contributed by atoms with Crippen LogP contribution in [-0.4, -0.2) is 18.5 Å². The highest BCUT2D eigenvalue weighted by molar-refractivity contribution is 6.35. The van der Waals surface area contributed by atoms with E-state index in [1.54, 1.807) is 42.5 Å². The molecule has 0 aliphatic heterocycles. The normalized spacial score (nSPS) is 10.6. The molecule has 0 aromatic heterocycles. The Kier molecular flexibility index (Phi) is 6.23. The van der Waals surface area contributed by atoms with Crippen LogP contribution in [-0.2, 0) is 9.59 Å². The standard InChI is InChI=1S/C17H13Cl2NO4/c18-12-7-13(19)9-14(8-12)20-16(21)10-24-15-4-1-11(2-5-15)3-6-17(22)23/h1-9H,10H2,(H,20,21)(H,22,23)/p-1/b6-3+. The highest BCUT2D eigenvalue weighted by Gasteiger charge is 2.05. The van der Waals surface area contributed by atoms with Gasteiger partial charge >= 0.3 is 0 Å². The Labute approximate surface area is 148 Å². The maximum Gasteiger partial charge on any atom is 0.262 e. The zero-order valence-electron chi connectivity index (χ0n) is 12.3. The van der Waals surface area contributed by atoms with Crippen LogP contribution in [0.1, 0.15) is 5.56 Å². The first-order chi connectivity index (χ1) is 11.4. The Morgan fingerprint density at radius 3 is 2.29 bits per heavy atom. The fourth-order valence-electron chi connectivity index (χ4n) is 1.81. The van der Waals surface area contributed by atoms with Crippen molar-refractivity contribution in [1.82, 2.24) is 0 Å². The van der Waals surface area contributed by atoms with Gasteiger partial charge in [0.15, 0.2) is 6.61 Å². The predicted molar refractivity (Wildman–Crippen MR) is 91.1 cm³/mol. The molecule has 124 valence electrons. The van der Waals surface area contributed by atoms with Crippen molar-refractivity contribution >= 4 is 46.8 Å². The van der Waals surface area contributed by atoms with Crippen LogP contribution in [0.25, 0.3) is 6.08 Å². The van der Waals surface area contributed by atoms with E-state index in [1.807, 2.05) is 0 Å². The molecule has 0 bridgehead atoms. The molecule has 0 heterocycles. The van der Waals surface area contributed by atoms with Crippen molar-refractivity contribution in [3.63, 3.8) is 0 Å². The van der Waals surface area contributed by atoms with Crippen LogP contribution in [0.4, 0.5) is 5.69 Å². The first-order valence-electron chi connectivity index (χ1n) is 6.80. The largest absolute Gasteiger partial charge is 0.545 e. The fourth-order valence-corrected chi connectivity index (χ4v) is 2.34. The van der Waals surface area contributed by atoms with Crippen LogP contribution >= 0.6 is 23.2 Å². The van der Waals surface area contributed by atoms with Gasteiger partial charge in [-0.15, -0.1) is 0 Å². The Morgan fingerprint density at radius 2 is 1.71 bits per heavy atom. The fraction of sp³-hybridized carbons (Fsp3) is 0.0588. The number of halogens is 2. The third-order valence-corrected chi connectivity index (χ3v) is 3.24. The second-order valence-corrected chi connectivity index (χ2v) is 5.59. The Hall–Kier alpha value is -2.50. The van der Waals surface area contributed by atoms with E-state index in [4.69, 9.17) is 27.9 Å². The van der Waals surface area contributed by atoms with E-state index in [0.717, 1.165) is 6.08 Å². The average Bonchev–Trinajstić information content (AvgIpc) is 2.51. The number of carboxylic acid groups (broad SMARTS) is 1. The summed E-state index contributed by atoms with van der Waals surface area (Å²) in [4.78, 5) is 22.2. The third kappa shape index (κ3) is 5.95. The van der Waals surface area contributed by atoms with Gasteiger partial charge in [-0.2, -0.15) is 0 Å². The van der Waals surface area contributed by atoms with Gasteiger partial charge in [-0.25, -0.2) is 0 Å². The number of aliphatic carboxylic acids is 1. The zero-order chi connectivity index (χ0) is 17.5. The summed E-state index contributed by atoms with van der Waals surface area (Å²) in [6, 6.07) is 11.3. The quantitative estimate of drug-likeness (QED) is 0.799. The maximum atomic E-state index is 11.8. The van der Waals surface area contributed by atoms with Crippen molar-refractivity contribution in [2.45, 2.75) is 0 Å². The number of hydrogen-bond acceptors (Lipinski definition) is 4. The molecule has 0 saturated heterocycles. The van der Waals surface area contributed by atoms with E-state index in [2.05, 4.69) is 5.32 Å². The first kappa shape index (κ1) is 17.8. The molecule has 0 spiro atoms. The Morgan fingerprint density at radius 1 is 1.08 bits per heavy atom. The van der Waals surface area contributed by atoms with Gasteiger partial charge in [-0.05, 0) is 42.0 Å². The van der Waals surface area contributed by atoms with Crippen molar-refractivity contribution in [2.24, 2.45) is 0 Å². The minimum Gasteiger partial charge on any atom is -0.545 e. The molecule has 0 atom stereocenters. The van der Waals surface area contributed by atoms with E-state index in [0.29, 0.717) is 27.0 Å². The molecule has 2 rings (SSSR count). The summed E-state index contributed by atoms with van der Waals surface area (Å²) in [5.74, 6) is -1.16. The molecule has 0 fully saturated rings. The van der Waals surface area contributed by atoms with Crippen molar-refractivity contribution in [3.8, 4) is 5.75 Å². The molecule has 0 radical (unpaired) electrons. The van der Waals surface area contributed by atoms with Crippen LogP contribution in [0.3, 0.4) is 0 Å². The number of ether oxygens (including phenoxy) is 1. The molecular weight excluding hydrogens is 353 g/mol. The van der Waals surface area contributed by atoms with Crippen LogP contribution < -0.4 is 15.2 Å². The highest BCUT2D eigenvalue weighted by atomic mass is 35.5. The Bertz CT molecular complexity index is 752. The minimum absolute atomic E-state index is 0.196. The molecule has 7 heteroatoms. The number of benzene rings is 2. The summed E-state index contributed by atoms with van der Waals surface area (Å²) in [6.45, 7) is -0.196. The molecular formula is C17H12Cl2NO4-. The lowest BCUT2D eigenvalue weighted by atomic mass is 10.2. The number of carbonyl (C=O) groups excluding carboxylic acids is 2. The van der Waals surface area contributed by atoms with Crippen LogP contribution in [0, 0.1) is 0 Å². The molecule has 0 saturated carbocycles. The van der Waals surface area contributed by atoms with Crippen LogP contribution in [0.15, 0.2) is 48.5 Å². The van der Waals surface area contributed by atoms with E-state index in [1.165, 1.54) is 6.08 Å². The van der Waals surface area contributed by atoms with Gasteiger partial charge in [0.05, 0.1) is 5.97 Å². The van der Waals surface area contributed by atoms with E-state index >= 15 is 0 Å². The number of nitrogens with one attached hydrogen (secondary N) is 1. The van der Waals surface area contributed by atoms with Gasteiger partial charge in [-0.3, -0.25) is 4.79 Å². The van der Waals surface area contributed by atoms with Crippen molar-refractivity contribution in [2.75, 3.05) is 11.9 Å². The molecule has 2 aromatic rings. The van der Waals surface area contributed by atoms with E-state index in [-0.39, 0.29) is 12.5 Å². The molecule has 1 amide bonds. The van der Waals surface area contributed by atoms with Gasteiger partial charge in [-0.1, -0.05) is 41.4 Å². The molecule has 0 aliphatic carbocycles. The molecule has 24 heavy (non-hydrogen) atoms. The number of hydrogen-bond donors (Lipinski definition) is 1. The predicted octanol–water partition coefficient (Wildman–Crippen LogP) is 2.77. The van der Waals surface area contributed by atoms with Crippen molar-refractivity contribution in [3.05, 3.63) is 64.1 Å². The summed E-state index contributed by atoms with van der Waals surface area (Å²) in [6.07, 6.45) is 2.33. The van der Waals surface area contributed by atoms with E-state index < -0.39 is 5.97 Å². The van der Waals surface area contributed by atoms with E-state index in [9.17, 15) is 14.7 Å². The van der Waals surface area contributed by atoms with Gasteiger partial charge in [0, 0.05) is 15.7 Å². The molecule has 0 unspecified atom stereocenters. The van der Waals surface area contributed by atoms with Crippen LogP contribution in [0.5, 0.6) is 5.75 Å². The average molecular weight is 365 g/mol. The van der Waals surface area contributed by atoms with Gasteiger partial charge in [0.2, 0.25) is 0 Å². The zero-order valence-corrected chi connectivity index (χ0v) is 13.8. The second kappa shape index (κ2) is 8.38. The number of anilines is 1. The lowest BCUT2D eigenvalue weighted by molar-refractivity contribution is -0.297. The molecule has 1 N–H and O–H groups in total. The smallest absolute Gasteiger partial charge is 0.262 e. The lowest BCUT2D eigenvalue weighted by Gasteiger charge is -2.08. The monoisotopic (exact) mass is 364 g/mol. The summed E-state index contributed by atoms with van der Waals surface area (Å²) in [7, 11) is 0. The van der Waals surface area contributed by atoms with Crippen molar-refractivity contribution < 1.29 is 19.4 Å². The van der Waals surface area contributed by atoms with Gasteiger partial charge in [0.25, 0.3) is 5.91 Å². The summed E-state index contributed by atoms with van der Waals surface area (Å²) < 4.78 is 5.35. The first-order valence-corrected chi connectivity index (χ1v) is 7.56. The van der Waals surface area contributed by atoms with Crippen LogP contribution in [0.2, 0.25) is 10.0 Å². The molecule has 0 aliphatic rings. The van der Waals surface area contributed by atoms with Gasteiger partial charge < -0.3 is 20.0 Å². The third-order valence-electron chi connectivity index (χ3n) is 2.81. The number of carbonyl (C=O) groups is 2. The number of amides is 1. The summed E-state index contributed by atoms with van der Waals surface area (Å²) >= 11 is 11.7. The van der Waals surface area contributed by atoms with Gasteiger partial charge in [0.1, 0.15) is 5.75 Å². The number of carboxylic acids is 1. The Balaban J connectivity index is 1.88. The molecule has 2 aromatic carbocycles. The number of rotatable bonds is 6. The molecule has 5 nitrogen and oxygen atoms in total. The van der Waals surface area contributed by atoms with Crippen molar-refractivity contribution in [1.29, 1.82) is 0 Å². The topological polar surface area (TPSA) is 78.5 Å². The summed E-state index contributed by atoms with van der Waals surface area (Å²) in [5.41, 5.74) is 1.15.